The van der Waals surface area contributed by atoms with Crippen LogP contribution in [0.25, 0.3) is 0 Å². The average Bonchev–Trinajstić information content (AvgIpc) is 2.33. The number of rotatable bonds is 3. The van der Waals surface area contributed by atoms with E-state index in [0.29, 0.717) is 4.90 Å². The number of thioether (sulfide) groups is 1. The maximum absolute atomic E-state index is 12.7. The second kappa shape index (κ2) is 6.63. The molecule has 0 heterocycles. The van der Waals surface area contributed by atoms with E-state index in [2.05, 4.69) is 5.32 Å². The van der Waals surface area contributed by atoms with Gasteiger partial charge in [-0.15, -0.1) is 11.8 Å². The zero-order valence-corrected chi connectivity index (χ0v) is 14.1. The molecule has 0 bridgehead atoms. The highest BCUT2D eigenvalue weighted by Gasteiger charge is 2.34. The highest BCUT2D eigenvalue weighted by molar-refractivity contribution is 8.00. The number of hydrogen-bond donors (Lipinski definition) is 1. The fraction of sp³-hybridized carbons (Fsp3) is 0.562. The summed E-state index contributed by atoms with van der Waals surface area (Å²) in [5.41, 5.74) is -1.18. The number of carbonyl (C=O) groups excluding carboxylic acids is 1. The van der Waals surface area contributed by atoms with E-state index >= 15 is 0 Å². The predicted molar refractivity (Wildman–Crippen MR) is 83.5 cm³/mol. The number of benzene rings is 1. The molecule has 1 aliphatic carbocycles. The summed E-state index contributed by atoms with van der Waals surface area (Å²) in [6, 6.07) is 5.35. The van der Waals surface area contributed by atoms with Crippen molar-refractivity contribution in [3.8, 4) is 0 Å². The second-order valence-corrected chi connectivity index (χ2v) is 7.95. The van der Waals surface area contributed by atoms with Gasteiger partial charge in [0, 0.05) is 16.2 Å². The number of halogens is 3. The summed E-state index contributed by atoms with van der Waals surface area (Å²) in [5, 5.41) is 2.98. The number of hydrogen-bond acceptors (Lipinski definition) is 3. The van der Waals surface area contributed by atoms with Gasteiger partial charge in [-0.1, -0.05) is 6.07 Å². The Morgan fingerprint density at radius 1 is 1.26 bits per heavy atom. The molecule has 0 atom stereocenters. The standard InChI is InChI=1S/C16H20F3NO2S/c1-15(2,3)22-14(21)20-11-8-13(9-11)23-12-6-4-5-10(7-12)16(17,18)19/h4-7,11,13H,8-9H2,1-3H3,(H,20,21). The van der Waals surface area contributed by atoms with E-state index in [9.17, 15) is 18.0 Å². The monoisotopic (exact) mass is 347 g/mol. The van der Waals surface area contributed by atoms with Crippen LogP contribution in [-0.2, 0) is 10.9 Å². The Labute approximate surface area is 138 Å². The molecule has 1 amide bonds. The first-order valence-corrected chi connectivity index (χ1v) is 8.24. The lowest BCUT2D eigenvalue weighted by Gasteiger charge is -2.35. The van der Waals surface area contributed by atoms with Gasteiger partial charge in [0.25, 0.3) is 0 Å². The SMILES string of the molecule is CC(C)(C)OC(=O)NC1CC(Sc2cccc(C(F)(F)F)c2)C1. The topological polar surface area (TPSA) is 38.3 Å². The Bertz CT molecular complexity index is 563. The summed E-state index contributed by atoms with van der Waals surface area (Å²) in [5.74, 6) is 0. The van der Waals surface area contributed by atoms with E-state index in [-0.39, 0.29) is 11.3 Å². The van der Waals surface area contributed by atoms with Crippen molar-refractivity contribution in [2.24, 2.45) is 0 Å². The van der Waals surface area contributed by atoms with Gasteiger partial charge < -0.3 is 10.1 Å². The van der Waals surface area contributed by atoms with Crippen LogP contribution in [0.1, 0.15) is 39.2 Å². The van der Waals surface area contributed by atoms with Crippen LogP contribution >= 0.6 is 11.8 Å². The molecule has 1 aliphatic rings. The first-order valence-electron chi connectivity index (χ1n) is 7.36. The van der Waals surface area contributed by atoms with E-state index in [1.54, 1.807) is 26.8 Å². The van der Waals surface area contributed by atoms with Gasteiger partial charge in [-0.2, -0.15) is 13.2 Å². The average molecular weight is 347 g/mol. The largest absolute Gasteiger partial charge is 0.444 e. The Morgan fingerprint density at radius 2 is 1.91 bits per heavy atom. The maximum atomic E-state index is 12.7. The molecule has 1 saturated carbocycles. The number of nitrogens with one attached hydrogen (secondary N) is 1. The van der Waals surface area contributed by atoms with Gasteiger partial charge in [0.2, 0.25) is 0 Å². The zero-order chi connectivity index (χ0) is 17.3. The van der Waals surface area contributed by atoms with E-state index in [1.807, 2.05) is 0 Å². The highest BCUT2D eigenvalue weighted by atomic mass is 32.2. The molecule has 0 aromatic heterocycles. The Kier molecular flexibility index (Phi) is 5.18. The fourth-order valence-electron chi connectivity index (χ4n) is 2.19. The van der Waals surface area contributed by atoms with Crippen LogP contribution in [0.5, 0.6) is 0 Å². The molecule has 1 aromatic rings. The summed E-state index contributed by atoms with van der Waals surface area (Å²) >= 11 is 1.41. The third-order valence-corrected chi connectivity index (χ3v) is 4.52. The molecule has 0 aliphatic heterocycles. The minimum atomic E-state index is -4.32. The molecule has 23 heavy (non-hydrogen) atoms. The molecule has 0 radical (unpaired) electrons. The van der Waals surface area contributed by atoms with Crippen molar-refractivity contribution < 1.29 is 22.7 Å². The summed E-state index contributed by atoms with van der Waals surface area (Å²) < 4.78 is 43.2. The van der Waals surface area contributed by atoms with Crippen molar-refractivity contribution in [2.45, 2.75) is 61.6 Å². The van der Waals surface area contributed by atoms with Crippen LogP contribution in [0, 0.1) is 0 Å². The van der Waals surface area contributed by atoms with Gasteiger partial charge in [0.15, 0.2) is 0 Å². The van der Waals surface area contributed by atoms with Crippen LogP contribution < -0.4 is 5.32 Å². The molecular weight excluding hydrogens is 327 g/mol. The minimum absolute atomic E-state index is 0.0214. The van der Waals surface area contributed by atoms with Gasteiger partial charge in [-0.3, -0.25) is 0 Å². The fourth-order valence-corrected chi connectivity index (χ4v) is 3.59. The molecule has 128 valence electrons. The summed E-state index contributed by atoms with van der Waals surface area (Å²) in [6.45, 7) is 5.37. The molecule has 1 aromatic carbocycles. The van der Waals surface area contributed by atoms with Crippen LogP contribution in [0.4, 0.5) is 18.0 Å². The molecule has 0 spiro atoms. The molecule has 0 saturated heterocycles. The third kappa shape index (κ3) is 5.64. The first kappa shape index (κ1) is 18.0. The molecule has 2 rings (SSSR count). The number of alkyl halides is 3. The summed E-state index contributed by atoms with van der Waals surface area (Å²) in [7, 11) is 0. The lowest BCUT2D eigenvalue weighted by atomic mass is 9.92. The Morgan fingerprint density at radius 3 is 2.48 bits per heavy atom. The van der Waals surface area contributed by atoms with Crippen molar-refractivity contribution in [2.75, 3.05) is 0 Å². The molecule has 0 unspecified atom stereocenters. The first-order chi connectivity index (χ1) is 10.5. The molecular formula is C16H20F3NO2S. The van der Waals surface area contributed by atoms with Crippen LogP contribution in [0.2, 0.25) is 0 Å². The third-order valence-electron chi connectivity index (χ3n) is 3.28. The van der Waals surface area contributed by atoms with E-state index in [0.717, 1.165) is 18.9 Å². The second-order valence-electron chi connectivity index (χ2n) is 6.58. The molecule has 1 fully saturated rings. The van der Waals surface area contributed by atoms with E-state index in [1.165, 1.54) is 23.9 Å². The van der Waals surface area contributed by atoms with Gasteiger partial charge in [0.05, 0.1) is 5.56 Å². The molecule has 3 nitrogen and oxygen atoms in total. The quantitative estimate of drug-likeness (QED) is 0.849. The van der Waals surface area contributed by atoms with Crippen LogP contribution in [0.3, 0.4) is 0 Å². The summed E-state index contributed by atoms with van der Waals surface area (Å²) in [4.78, 5) is 12.2. The minimum Gasteiger partial charge on any atom is -0.444 e. The Hall–Kier alpha value is -1.37. The highest BCUT2D eigenvalue weighted by Crippen LogP contribution is 2.39. The molecule has 7 heteroatoms. The Balaban J connectivity index is 1.79. The smallest absolute Gasteiger partial charge is 0.416 e. The normalized spacial score (nSPS) is 21.5. The van der Waals surface area contributed by atoms with Gasteiger partial charge in [-0.05, 0) is 51.8 Å². The maximum Gasteiger partial charge on any atom is 0.416 e. The lowest BCUT2D eigenvalue weighted by molar-refractivity contribution is -0.137. The van der Waals surface area contributed by atoms with Crippen molar-refractivity contribution >= 4 is 17.9 Å². The van der Waals surface area contributed by atoms with Gasteiger partial charge >= 0.3 is 12.3 Å². The van der Waals surface area contributed by atoms with Crippen LogP contribution in [0.15, 0.2) is 29.2 Å². The number of ether oxygens (including phenoxy) is 1. The summed E-state index contributed by atoms with van der Waals surface area (Å²) in [6.07, 6.45) is -3.33. The number of amides is 1. The van der Waals surface area contributed by atoms with Crippen LogP contribution in [-0.4, -0.2) is 23.0 Å². The van der Waals surface area contributed by atoms with Gasteiger partial charge in [0.1, 0.15) is 5.60 Å². The molecule has 1 N–H and O–H groups in total. The van der Waals surface area contributed by atoms with Crippen molar-refractivity contribution in [3.63, 3.8) is 0 Å². The van der Waals surface area contributed by atoms with E-state index < -0.39 is 23.4 Å². The zero-order valence-electron chi connectivity index (χ0n) is 13.2. The number of alkyl carbamates (subject to hydrolysis) is 1. The van der Waals surface area contributed by atoms with Crippen molar-refractivity contribution in [1.29, 1.82) is 0 Å². The lowest BCUT2D eigenvalue weighted by Crippen LogP contribution is -2.47. The van der Waals surface area contributed by atoms with E-state index in [4.69, 9.17) is 4.74 Å². The van der Waals surface area contributed by atoms with Gasteiger partial charge in [-0.25, -0.2) is 4.79 Å². The predicted octanol–water partition coefficient (Wildman–Crippen LogP) is 4.85. The number of carbonyl (C=O) groups is 1. The van der Waals surface area contributed by atoms with Crippen molar-refractivity contribution in [3.05, 3.63) is 29.8 Å². The van der Waals surface area contributed by atoms with Crippen molar-refractivity contribution in [1.82, 2.24) is 5.32 Å².